The summed E-state index contributed by atoms with van der Waals surface area (Å²) in [6, 6.07) is 15.9. The average molecular weight is 437 g/mol. The van der Waals surface area contributed by atoms with Crippen LogP contribution in [0.15, 0.2) is 58.8 Å². The molecule has 3 heterocycles. The molecule has 152 valence electrons. The van der Waals surface area contributed by atoms with Crippen molar-refractivity contribution in [3.63, 3.8) is 0 Å². The Morgan fingerprint density at radius 3 is 2.37 bits per heavy atom. The summed E-state index contributed by atoms with van der Waals surface area (Å²) >= 11 is 7.41. The molecular weight excluding hydrogens is 416 g/mol. The lowest BCUT2D eigenvalue weighted by Crippen LogP contribution is -2.29. The molecule has 6 nitrogen and oxygen atoms in total. The molecule has 2 aromatic heterocycles. The molecule has 2 aromatic carbocycles. The molecule has 5 rings (SSSR count). The van der Waals surface area contributed by atoms with Gasteiger partial charge in [-0.1, -0.05) is 22.9 Å². The molecule has 4 aromatic rings. The van der Waals surface area contributed by atoms with Crippen molar-refractivity contribution in [2.24, 2.45) is 10.2 Å². The molecule has 1 fully saturated rings. The van der Waals surface area contributed by atoms with Crippen LogP contribution < -0.4 is 4.90 Å². The zero-order chi connectivity index (χ0) is 20.5. The highest BCUT2D eigenvalue weighted by molar-refractivity contribution is 7.20. The van der Waals surface area contributed by atoms with Gasteiger partial charge >= 0.3 is 0 Å². The molecule has 1 aliphatic rings. The van der Waals surface area contributed by atoms with E-state index in [2.05, 4.69) is 54.0 Å². The van der Waals surface area contributed by atoms with E-state index in [-0.39, 0.29) is 0 Å². The lowest BCUT2D eigenvalue weighted by atomic mass is 10.1. The summed E-state index contributed by atoms with van der Waals surface area (Å²) in [6.07, 6.45) is 3.88. The van der Waals surface area contributed by atoms with Gasteiger partial charge < -0.3 is 4.90 Å². The fraction of sp³-hybridized carbons (Fsp3) is 0.273. The number of thiazole rings is 1. The second-order valence-corrected chi connectivity index (χ2v) is 8.80. The number of benzene rings is 2. The standard InChI is InChI=1S/C22H21ClN6S/c1-15-21(26-24-18-9-7-17(23)8-10-18)30-22-27-25-20(29(15)22)16-5-11-19(12-6-16)28-13-3-2-4-14-28/h5-12H,2-4,13-14H2,1H3. The Hall–Kier alpha value is -2.77. The Balaban J connectivity index is 1.43. The number of rotatable bonds is 4. The lowest BCUT2D eigenvalue weighted by molar-refractivity contribution is 0.578. The van der Waals surface area contributed by atoms with E-state index in [0.717, 1.165) is 45.8 Å². The smallest absolute Gasteiger partial charge is 0.218 e. The van der Waals surface area contributed by atoms with E-state index >= 15 is 0 Å². The summed E-state index contributed by atoms with van der Waals surface area (Å²) in [7, 11) is 0. The number of aryl methyl sites for hydroxylation is 1. The van der Waals surface area contributed by atoms with Gasteiger partial charge in [0, 0.05) is 29.4 Å². The summed E-state index contributed by atoms with van der Waals surface area (Å²) in [4.78, 5) is 3.27. The van der Waals surface area contributed by atoms with Gasteiger partial charge in [-0.05, 0) is 74.7 Å². The van der Waals surface area contributed by atoms with E-state index in [1.165, 1.54) is 36.3 Å². The van der Waals surface area contributed by atoms with E-state index < -0.39 is 0 Å². The fourth-order valence-corrected chi connectivity index (χ4v) is 4.77. The predicted octanol–water partition coefficient (Wildman–Crippen LogP) is 6.83. The van der Waals surface area contributed by atoms with Crippen LogP contribution in [-0.2, 0) is 0 Å². The van der Waals surface area contributed by atoms with Crippen molar-refractivity contribution >= 4 is 44.3 Å². The monoisotopic (exact) mass is 436 g/mol. The number of piperidine rings is 1. The normalized spacial score (nSPS) is 14.8. The van der Waals surface area contributed by atoms with Crippen molar-refractivity contribution in [3.8, 4) is 11.4 Å². The molecular formula is C22H21ClN6S. The average Bonchev–Trinajstić information content (AvgIpc) is 3.34. The maximum absolute atomic E-state index is 5.93. The highest BCUT2D eigenvalue weighted by Gasteiger charge is 2.17. The number of hydrogen-bond donors (Lipinski definition) is 0. The van der Waals surface area contributed by atoms with E-state index in [1.54, 1.807) is 12.1 Å². The molecule has 1 saturated heterocycles. The molecule has 0 spiro atoms. The van der Waals surface area contributed by atoms with E-state index in [4.69, 9.17) is 11.6 Å². The molecule has 0 bridgehead atoms. The molecule has 8 heteroatoms. The second-order valence-electron chi connectivity index (χ2n) is 7.41. The van der Waals surface area contributed by atoms with Crippen molar-refractivity contribution < 1.29 is 0 Å². The topological polar surface area (TPSA) is 58.2 Å². The van der Waals surface area contributed by atoms with E-state index in [9.17, 15) is 0 Å². The lowest BCUT2D eigenvalue weighted by Gasteiger charge is -2.28. The van der Waals surface area contributed by atoms with Crippen molar-refractivity contribution in [3.05, 3.63) is 59.2 Å². The minimum Gasteiger partial charge on any atom is -0.372 e. The number of nitrogens with zero attached hydrogens (tertiary/aromatic N) is 6. The first kappa shape index (κ1) is 19.2. The largest absolute Gasteiger partial charge is 0.372 e. The van der Waals surface area contributed by atoms with Gasteiger partial charge in [0.05, 0.1) is 11.4 Å². The van der Waals surface area contributed by atoms with Crippen molar-refractivity contribution in [1.29, 1.82) is 0 Å². The zero-order valence-electron chi connectivity index (χ0n) is 16.6. The number of fused-ring (bicyclic) bond motifs is 1. The highest BCUT2D eigenvalue weighted by atomic mass is 35.5. The second kappa shape index (κ2) is 8.16. The van der Waals surface area contributed by atoms with Crippen LogP contribution in [0.5, 0.6) is 0 Å². The van der Waals surface area contributed by atoms with E-state index in [1.807, 2.05) is 19.1 Å². The molecule has 0 unspecified atom stereocenters. The third-order valence-corrected chi connectivity index (χ3v) is 6.67. The Morgan fingerprint density at radius 2 is 1.63 bits per heavy atom. The molecule has 0 N–H and O–H groups in total. The van der Waals surface area contributed by atoms with Gasteiger partial charge in [-0.15, -0.1) is 20.4 Å². The predicted molar refractivity (Wildman–Crippen MR) is 123 cm³/mol. The van der Waals surface area contributed by atoms with Gasteiger partial charge in [0.15, 0.2) is 10.8 Å². The number of anilines is 1. The SMILES string of the molecule is Cc1c(N=Nc2ccc(Cl)cc2)sc2nnc(-c3ccc(N4CCCCC4)cc3)n12. The van der Waals surface area contributed by atoms with Crippen LogP contribution in [0, 0.1) is 6.92 Å². The maximum atomic E-state index is 5.93. The van der Waals surface area contributed by atoms with Crippen molar-refractivity contribution in [2.75, 3.05) is 18.0 Å². The number of azo groups is 1. The minimum atomic E-state index is 0.682. The Bertz CT molecular complexity index is 1190. The summed E-state index contributed by atoms with van der Waals surface area (Å²) < 4.78 is 2.05. The summed E-state index contributed by atoms with van der Waals surface area (Å²) in [5, 5.41) is 19.0. The molecule has 0 radical (unpaired) electrons. The quantitative estimate of drug-likeness (QED) is 0.329. The van der Waals surface area contributed by atoms with Gasteiger partial charge in [-0.25, -0.2) is 0 Å². The van der Waals surface area contributed by atoms with Crippen LogP contribution in [0.3, 0.4) is 0 Å². The Kier molecular flexibility index (Phi) is 5.23. The van der Waals surface area contributed by atoms with Crippen LogP contribution in [0.1, 0.15) is 25.0 Å². The number of aromatic nitrogens is 3. The molecule has 0 amide bonds. The van der Waals surface area contributed by atoms with Crippen molar-refractivity contribution in [1.82, 2.24) is 14.6 Å². The van der Waals surface area contributed by atoms with Gasteiger partial charge in [0.2, 0.25) is 4.96 Å². The summed E-state index contributed by atoms with van der Waals surface area (Å²) in [6.45, 7) is 4.30. The zero-order valence-corrected chi connectivity index (χ0v) is 18.2. The van der Waals surface area contributed by atoms with Crippen LogP contribution in [0.2, 0.25) is 5.02 Å². The third-order valence-electron chi connectivity index (χ3n) is 5.40. The van der Waals surface area contributed by atoms with Crippen LogP contribution in [-0.4, -0.2) is 27.7 Å². The first-order valence-electron chi connectivity index (χ1n) is 10.1. The van der Waals surface area contributed by atoms with Gasteiger partial charge in [0.25, 0.3) is 0 Å². The van der Waals surface area contributed by atoms with Gasteiger partial charge in [0.1, 0.15) is 0 Å². The summed E-state index contributed by atoms with van der Waals surface area (Å²) in [5.74, 6) is 0.830. The first-order valence-corrected chi connectivity index (χ1v) is 11.3. The highest BCUT2D eigenvalue weighted by Crippen LogP contribution is 2.35. The van der Waals surface area contributed by atoms with Crippen LogP contribution >= 0.6 is 22.9 Å². The fourth-order valence-electron chi connectivity index (χ4n) is 3.76. The molecule has 0 saturated carbocycles. The van der Waals surface area contributed by atoms with Crippen LogP contribution in [0.4, 0.5) is 16.4 Å². The van der Waals surface area contributed by atoms with Gasteiger partial charge in [-0.3, -0.25) is 4.40 Å². The molecule has 30 heavy (non-hydrogen) atoms. The minimum absolute atomic E-state index is 0.682. The van der Waals surface area contributed by atoms with E-state index in [0.29, 0.717) is 5.02 Å². The molecule has 0 aliphatic carbocycles. The number of halogens is 1. The summed E-state index contributed by atoms with van der Waals surface area (Å²) in [5.41, 5.74) is 4.06. The van der Waals surface area contributed by atoms with Gasteiger partial charge in [-0.2, -0.15) is 0 Å². The molecule has 0 atom stereocenters. The number of hydrogen-bond acceptors (Lipinski definition) is 6. The molecule has 1 aliphatic heterocycles. The first-order chi connectivity index (χ1) is 14.7. The maximum Gasteiger partial charge on any atom is 0.218 e. The Labute approximate surface area is 183 Å². The third kappa shape index (κ3) is 3.70. The van der Waals surface area contributed by atoms with Crippen LogP contribution in [0.25, 0.3) is 16.3 Å². The Morgan fingerprint density at radius 1 is 0.900 bits per heavy atom. The van der Waals surface area contributed by atoms with Crippen molar-refractivity contribution in [2.45, 2.75) is 26.2 Å².